The number of halogens is 2. The minimum atomic E-state index is -0.831. The molecule has 0 N–H and O–H groups in total. The zero-order chi connectivity index (χ0) is 25.8. The molecule has 8 nitrogen and oxygen atoms in total. The molecule has 0 radical (unpaired) electrons. The molecule has 4 rings (SSSR count). The lowest BCUT2D eigenvalue weighted by Crippen LogP contribution is -2.37. The number of urea groups is 1. The molecule has 1 aliphatic rings. The highest BCUT2D eigenvalue weighted by Gasteiger charge is 2.43. The lowest BCUT2D eigenvalue weighted by atomic mass is 10.2. The highest BCUT2D eigenvalue weighted by atomic mass is 35.5. The van der Waals surface area contributed by atoms with Crippen molar-refractivity contribution in [3.05, 3.63) is 77.8 Å². The zero-order valence-corrected chi connectivity index (χ0v) is 21.4. The van der Waals surface area contributed by atoms with Gasteiger partial charge in [-0.15, -0.1) is 11.6 Å². The highest BCUT2D eigenvalue weighted by Crippen LogP contribution is 2.41. The molecule has 10 heteroatoms. The summed E-state index contributed by atoms with van der Waals surface area (Å²) in [5.74, 6) is 0.424. The molecule has 1 aliphatic heterocycles. The van der Waals surface area contributed by atoms with Crippen LogP contribution in [0.3, 0.4) is 0 Å². The summed E-state index contributed by atoms with van der Waals surface area (Å²) in [6, 6.07) is 20.9. The van der Waals surface area contributed by atoms with Crippen molar-refractivity contribution in [2.45, 2.75) is 6.17 Å². The monoisotopic (exact) mass is 526 g/mol. The first-order valence-electron chi connectivity index (χ1n) is 11.0. The van der Waals surface area contributed by atoms with Crippen molar-refractivity contribution in [2.75, 3.05) is 36.9 Å². The summed E-state index contributed by atoms with van der Waals surface area (Å²) in [5, 5.41) is 0.301. The van der Waals surface area contributed by atoms with Crippen LogP contribution in [0.1, 0.15) is 0 Å². The number of benzene rings is 3. The molecule has 0 spiro atoms. The highest BCUT2D eigenvalue weighted by molar-refractivity contribution is 6.55. The third-order valence-electron chi connectivity index (χ3n) is 5.68. The summed E-state index contributed by atoms with van der Waals surface area (Å²) in [4.78, 5) is 35.0. The van der Waals surface area contributed by atoms with Gasteiger partial charge in [-0.05, 0) is 36.4 Å². The molecule has 1 unspecified atom stereocenters. The summed E-state index contributed by atoms with van der Waals surface area (Å²) < 4.78 is 11.2. The first kappa shape index (κ1) is 25.3. The largest absolute Gasteiger partial charge is 0.495 e. The average Bonchev–Trinajstić information content (AvgIpc) is 3.12. The number of likely N-dealkylation sites (N-methyl/N-ethyl adjacent to an activating group) is 1. The van der Waals surface area contributed by atoms with E-state index in [1.807, 2.05) is 53.4 Å². The van der Waals surface area contributed by atoms with Gasteiger partial charge in [0.15, 0.2) is 0 Å². The Morgan fingerprint density at radius 1 is 0.889 bits per heavy atom. The molecule has 1 atom stereocenters. The van der Waals surface area contributed by atoms with Gasteiger partial charge >= 0.3 is 6.03 Å². The van der Waals surface area contributed by atoms with Gasteiger partial charge in [0.1, 0.15) is 17.7 Å². The first-order valence-corrected chi connectivity index (χ1v) is 11.9. The van der Waals surface area contributed by atoms with E-state index in [2.05, 4.69) is 0 Å². The molecule has 1 fully saturated rings. The van der Waals surface area contributed by atoms with Crippen LogP contribution >= 0.6 is 23.2 Å². The van der Waals surface area contributed by atoms with Crippen LogP contribution in [0.15, 0.2) is 77.8 Å². The maximum Gasteiger partial charge on any atom is 0.337 e. The van der Waals surface area contributed by atoms with Crippen LogP contribution in [0, 0.1) is 0 Å². The molecule has 0 aliphatic carbocycles. The smallest absolute Gasteiger partial charge is 0.337 e. The second-order valence-corrected chi connectivity index (χ2v) is 8.45. The fourth-order valence-corrected chi connectivity index (χ4v) is 4.37. The van der Waals surface area contributed by atoms with E-state index in [0.717, 1.165) is 4.90 Å². The Balaban J connectivity index is 1.92. The normalized spacial score (nSPS) is 15.4. The molecular weight excluding hydrogens is 503 g/mol. The van der Waals surface area contributed by atoms with Crippen molar-refractivity contribution < 1.29 is 19.1 Å². The van der Waals surface area contributed by atoms with Crippen LogP contribution in [-0.4, -0.2) is 56.0 Å². The molecular formula is C26H24Cl2N4O4. The van der Waals surface area contributed by atoms with E-state index >= 15 is 0 Å². The van der Waals surface area contributed by atoms with Gasteiger partial charge in [0.2, 0.25) is 5.84 Å². The van der Waals surface area contributed by atoms with E-state index in [4.69, 9.17) is 37.7 Å². The van der Waals surface area contributed by atoms with Crippen molar-refractivity contribution in [3.63, 3.8) is 0 Å². The molecule has 1 heterocycles. The van der Waals surface area contributed by atoms with Crippen LogP contribution in [-0.2, 0) is 4.79 Å². The van der Waals surface area contributed by atoms with Gasteiger partial charge < -0.3 is 14.4 Å². The number of amides is 3. The number of methoxy groups -OCH3 is 2. The fraction of sp³-hybridized carbons (Fsp3) is 0.192. The maximum absolute atomic E-state index is 13.2. The third kappa shape index (κ3) is 4.57. The molecule has 36 heavy (non-hydrogen) atoms. The van der Waals surface area contributed by atoms with Crippen LogP contribution in [0.25, 0.3) is 0 Å². The number of carbonyl (C=O) groups excluding carboxylic acids is 2. The van der Waals surface area contributed by atoms with Crippen molar-refractivity contribution >= 4 is 58.0 Å². The molecule has 186 valence electrons. The lowest BCUT2D eigenvalue weighted by Gasteiger charge is -2.32. The van der Waals surface area contributed by atoms with E-state index in [0.29, 0.717) is 33.6 Å². The lowest BCUT2D eigenvalue weighted by molar-refractivity contribution is -0.119. The van der Waals surface area contributed by atoms with Gasteiger partial charge in [0.25, 0.3) is 5.91 Å². The van der Waals surface area contributed by atoms with Gasteiger partial charge in [-0.2, -0.15) is 0 Å². The van der Waals surface area contributed by atoms with E-state index < -0.39 is 18.1 Å². The van der Waals surface area contributed by atoms with Crippen molar-refractivity contribution in [1.82, 2.24) is 4.90 Å². The predicted molar refractivity (Wildman–Crippen MR) is 142 cm³/mol. The van der Waals surface area contributed by atoms with Gasteiger partial charge in [-0.3, -0.25) is 9.69 Å². The fourth-order valence-electron chi connectivity index (χ4n) is 3.95. The second kappa shape index (κ2) is 10.9. The van der Waals surface area contributed by atoms with Gasteiger partial charge in [0.05, 0.1) is 42.2 Å². The summed E-state index contributed by atoms with van der Waals surface area (Å²) in [5.41, 5.74) is 1.64. The Bertz CT molecular complexity index is 1270. The number of imide groups is 1. The number of hydrogen-bond acceptors (Lipinski definition) is 6. The summed E-state index contributed by atoms with van der Waals surface area (Å²) in [7, 11) is 4.52. The number of aliphatic imine (C=N–C) groups is 1. The number of rotatable bonds is 8. The second-order valence-electron chi connectivity index (χ2n) is 7.73. The van der Waals surface area contributed by atoms with Crippen molar-refractivity contribution in [2.24, 2.45) is 4.99 Å². The first-order chi connectivity index (χ1) is 17.4. The van der Waals surface area contributed by atoms with Crippen LogP contribution in [0.5, 0.6) is 11.5 Å². The molecule has 3 amide bonds. The van der Waals surface area contributed by atoms with E-state index in [1.54, 1.807) is 38.5 Å². The zero-order valence-electron chi connectivity index (χ0n) is 19.9. The Labute approximate surface area is 219 Å². The number of nitrogens with zero attached hydrogens (tertiary/aromatic N) is 4. The number of ether oxygens (including phenoxy) is 2. The summed E-state index contributed by atoms with van der Waals surface area (Å²) in [6.45, 7) is 0. The Kier molecular flexibility index (Phi) is 7.67. The van der Waals surface area contributed by atoms with Crippen molar-refractivity contribution in [3.8, 4) is 11.5 Å². The third-order valence-corrected chi connectivity index (χ3v) is 6.27. The Morgan fingerprint density at radius 3 is 1.94 bits per heavy atom. The number of para-hydroxylation sites is 5. The van der Waals surface area contributed by atoms with E-state index in [9.17, 15) is 9.59 Å². The van der Waals surface area contributed by atoms with Crippen LogP contribution < -0.4 is 19.3 Å². The van der Waals surface area contributed by atoms with Gasteiger partial charge in [0, 0.05) is 7.05 Å². The molecule has 3 aromatic carbocycles. The number of carbonyl (C=O) groups is 2. The Morgan fingerprint density at radius 2 is 1.42 bits per heavy atom. The van der Waals surface area contributed by atoms with Crippen LogP contribution in [0.4, 0.5) is 21.9 Å². The summed E-state index contributed by atoms with van der Waals surface area (Å²) in [6.07, 6.45) is -0.831. The SMILES string of the molecule is COc1ccccc1N(c1ccccc1OC)C(CCl)/N=C1\C(=O)N(C)C(=O)N1c1ccccc1Cl. The van der Waals surface area contributed by atoms with E-state index in [-0.39, 0.29) is 11.7 Å². The predicted octanol–water partition coefficient (Wildman–Crippen LogP) is 5.56. The molecule has 3 aromatic rings. The topological polar surface area (TPSA) is 74.7 Å². The minimum Gasteiger partial charge on any atom is -0.495 e. The van der Waals surface area contributed by atoms with Gasteiger partial charge in [-0.25, -0.2) is 14.7 Å². The average molecular weight is 527 g/mol. The summed E-state index contributed by atoms with van der Waals surface area (Å²) >= 11 is 12.9. The number of alkyl halides is 1. The Hall–Kier alpha value is -3.75. The van der Waals surface area contributed by atoms with Gasteiger partial charge in [-0.1, -0.05) is 48.0 Å². The quantitative estimate of drug-likeness (QED) is 0.284. The number of amidine groups is 1. The van der Waals surface area contributed by atoms with Crippen LogP contribution in [0.2, 0.25) is 5.02 Å². The minimum absolute atomic E-state index is 0.0266. The molecule has 0 bridgehead atoms. The van der Waals surface area contributed by atoms with Crippen molar-refractivity contribution in [1.29, 1.82) is 0 Å². The number of anilines is 3. The molecule has 1 saturated heterocycles. The molecule has 0 aromatic heterocycles. The molecule has 0 saturated carbocycles. The van der Waals surface area contributed by atoms with E-state index in [1.165, 1.54) is 11.9 Å². The standard InChI is InChI=1S/C26H24Cl2N4O4/c1-30-25(33)24(32(26(30)34)18-11-5-4-10-17(18)28)29-23(16-27)31(19-12-6-8-14-21(19)35-2)20-13-7-9-15-22(20)36-3/h4-15,23H,16H2,1-3H3/b29-24+. The number of hydrogen-bond donors (Lipinski definition) is 0. The maximum atomic E-state index is 13.2.